The van der Waals surface area contributed by atoms with Crippen LogP contribution in [0.4, 0.5) is 10.5 Å². The molecule has 10 amide bonds. The van der Waals surface area contributed by atoms with Gasteiger partial charge in [0, 0.05) is 28.9 Å². The van der Waals surface area contributed by atoms with Gasteiger partial charge in [-0.05, 0) is 189 Å². The number of phenolic OH excluding ortho intramolecular Hbond substituents is 3. The molecule has 5 fully saturated rings. The average molecular weight is 1600 g/mol. The molecule has 6 aliphatic heterocycles. The molecule has 600 valence electrons. The molecule has 0 aromatic heterocycles. The zero-order chi connectivity index (χ0) is 80.7. The second kappa shape index (κ2) is 33.6. The van der Waals surface area contributed by atoms with E-state index in [9.17, 15) is 60.3 Å². The molecule has 0 spiro atoms. The van der Waals surface area contributed by atoms with Gasteiger partial charge in [0.05, 0.1) is 35.7 Å². The van der Waals surface area contributed by atoms with Gasteiger partial charge in [0.15, 0.2) is 11.5 Å². The molecule has 1 saturated heterocycles. The number of ether oxygens (including phenoxy) is 5. The maximum Gasteiger partial charge on any atom is 0.325 e. The second-order valence-corrected chi connectivity index (χ2v) is 30.6. The largest absolute Gasteiger partial charge is 0.508 e. The SMILES string of the molecule is CCOc1ccc(NC(=O)NC(=O)CC2NC(=O)C(NC(=O)[C@@H](CC(C)C)NC)[C@H](O)c3ccc(c(Cl)c3)Oc3cc4cc(c3O[C@H]3O[C@H](CO)[C@@H](O)[C@H](O)[C@H]3O)Oc3ccc(cc3Cl)[C@@H](O)[C@@H]3NC(=O)[C@H](NC(=O)C4NC2=O)c2ccc(O)c(c2)-c2c(O)cc(O)cc2[C@H](C(=O)NC2C4CC5CC(C4)CC2C5)NC3=O)cc1. The Morgan fingerprint density at radius 2 is 1.23 bits per heavy atom. The number of hydrogen-bond acceptors (Lipinski definition) is 24. The minimum absolute atomic E-state index is 0.0667. The Labute approximate surface area is 655 Å². The number of urea groups is 1. The number of aromatic hydroxyl groups is 3. The molecule has 10 aliphatic rings. The first-order valence-corrected chi connectivity index (χ1v) is 37.7. The van der Waals surface area contributed by atoms with Crippen molar-refractivity contribution in [3.8, 4) is 62.9 Å². The van der Waals surface area contributed by atoms with E-state index in [-0.39, 0.29) is 85.8 Å². The van der Waals surface area contributed by atoms with E-state index in [1.807, 2.05) is 13.8 Å². The highest BCUT2D eigenvalue weighted by atomic mass is 35.5. The van der Waals surface area contributed by atoms with Crippen molar-refractivity contribution in [1.82, 2.24) is 47.9 Å². The maximum absolute atomic E-state index is 16.4. The molecule has 3 unspecified atom stereocenters. The lowest BCUT2D eigenvalue weighted by Crippen LogP contribution is -2.60. The number of halogens is 2. The van der Waals surface area contributed by atoms with Crippen LogP contribution in [0.15, 0.2) is 103 Å². The van der Waals surface area contributed by atoms with Crippen molar-refractivity contribution in [2.24, 2.45) is 29.6 Å². The summed E-state index contributed by atoms with van der Waals surface area (Å²) in [6, 6.07) is 4.66. The normalized spacial score (nSPS) is 28.1. The van der Waals surface area contributed by atoms with Crippen LogP contribution in [0, 0.1) is 29.6 Å². The van der Waals surface area contributed by atoms with Crippen LogP contribution in [0.1, 0.15) is 124 Å². The Morgan fingerprint density at radius 1 is 0.619 bits per heavy atom. The van der Waals surface area contributed by atoms with Gasteiger partial charge in [0.1, 0.15) is 107 Å². The van der Waals surface area contributed by atoms with E-state index in [1.54, 1.807) is 6.92 Å². The molecule has 14 atom stereocenters. The summed E-state index contributed by atoms with van der Waals surface area (Å²) in [5, 5.41) is 130. The summed E-state index contributed by atoms with van der Waals surface area (Å²) in [6.45, 7) is 4.75. The number of hydrogen-bond donors (Lipinski definition) is 19. The van der Waals surface area contributed by atoms with Gasteiger partial charge in [-0.25, -0.2) is 4.79 Å². The number of benzene rings is 6. The summed E-state index contributed by atoms with van der Waals surface area (Å²) in [7, 11) is 1.47. The number of carbonyl (C=O) groups excluding carboxylic acids is 9. The van der Waals surface area contributed by atoms with Crippen LogP contribution in [0.25, 0.3) is 11.1 Å². The summed E-state index contributed by atoms with van der Waals surface area (Å²) in [5.74, 6) is -13.2. The number of phenols is 3. The fourth-order valence-corrected chi connectivity index (χ4v) is 16.7. The van der Waals surface area contributed by atoms with E-state index >= 15 is 28.8 Å². The summed E-state index contributed by atoms with van der Waals surface area (Å²) in [5.41, 5.74) is -2.06. The molecule has 4 saturated carbocycles. The molecule has 6 aromatic carbocycles. The number of imide groups is 1. The predicted octanol–water partition coefficient (Wildman–Crippen LogP) is 3.99. The Hall–Kier alpha value is -10.6. The van der Waals surface area contributed by atoms with Crippen molar-refractivity contribution in [3.63, 3.8) is 0 Å². The fraction of sp³-hybridized carbons (Fsp3) is 0.423. The van der Waals surface area contributed by atoms with Crippen molar-refractivity contribution in [3.05, 3.63) is 141 Å². The molecule has 4 aliphatic carbocycles. The average Bonchev–Trinajstić information content (AvgIpc) is 0.759. The van der Waals surface area contributed by atoms with Gasteiger partial charge >= 0.3 is 6.03 Å². The first kappa shape index (κ1) is 80.5. The molecular weight excluding hydrogens is 1520 g/mol. The van der Waals surface area contributed by atoms with Crippen LogP contribution in [0.5, 0.6) is 51.7 Å². The highest BCUT2D eigenvalue weighted by Gasteiger charge is 2.51. The Balaban J connectivity index is 0.995. The van der Waals surface area contributed by atoms with E-state index in [4.69, 9.17) is 46.9 Å². The zero-order valence-corrected chi connectivity index (χ0v) is 62.7. The van der Waals surface area contributed by atoms with Gasteiger partial charge < -0.3 is 117 Å². The third kappa shape index (κ3) is 17.2. The number of carbonyl (C=O) groups is 9. The quantitative estimate of drug-likeness (QED) is 0.0691. The monoisotopic (exact) mass is 1600 g/mol. The molecule has 35 heteroatoms. The standard InChI is InChI=1S/C78H86Cl2N10O23/c1-5-109-42-11-9-40(10-12-42)82-78(108)84-56(95)29-48-71(102)86-60-39-25-53(110-51-14-7-35(23-45(51)79)64(96)62(75(106)83-48)89-70(101)47(81-4)16-31(2)3)69(113-77-68(100)67(99)66(98)55(30-91)112-77)54(26-39)111-52-15-8-36(24-46(52)80)65(97)63-76(107)88-61(74(105)85-58-37-18-32-17-33(20-37)21-38(58)19-32)44-27-41(92)28-50(94)57(44)43-22-34(6-13-49(43)93)59(72(103)90-63)87-73(60)104/h6-15,22-28,31-33,37-38,47-48,55,58-68,77,81,91-94,96-100H,5,16-21,29-30H2,1-4H3,(H,83,106)(H,85,105)(H,86,102)(H,87,104)(H,88,107)(H,89,101)(H,90,103)(H2,82,84,95,108)/t32?,33?,37?,38?,47-,48?,55-,58?,59-,60?,61-,62?,63+,64-,65-,66-,67+,68-,77-/m1/s1. The van der Waals surface area contributed by atoms with Crippen LogP contribution in [-0.2, 0) is 43.1 Å². The van der Waals surface area contributed by atoms with Crippen LogP contribution >= 0.6 is 23.2 Å². The number of rotatable bonds is 15. The topological polar surface area (TPSA) is 502 Å². The summed E-state index contributed by atoms with van der Waals surface area (Å²) >= 11 is 14.2. The third-order valence-electron chi connectivity index (χ3n) is 21.6. The number of anilines is 1. The van der Waals surface area contributed by atoms with Crippen molar-refractivity contribution in [2.45, 2.75) is 157 Å². The van der Waals surface area contributed by atoms with E-state index in [0.717, 1.165) is 92.8 Å². The van der Waals surface area contributed by atoms with Crippen molar-refractivity contribution < 1.29 is 113 Å². The number of nitrogens with one attached hydrogen (secondary N) is 10. The third-order valence-corrected chi connectivity index (χ3v) is 22.2. The molecular formula is C78H86Cl2N10O23. The van der Waals surface area contributed by atoms with Gasteiger partial charge in [0.2, 0.25) is 59.3 Å². The van der Waals surface area contributed by atoms with Gasteiger partial charge in [-0.2, -0.15) is 0 Å². The predicted molar refractivity (Wildman–Crippen MR) is 400 cm³/mol. The molecule has 15 bridgehead atoms. The minimum Gasteiger partial charge on any atom is -0.508 e. The minimum atomic E-state index is -2.39. The smallest absolute Gasteiger partial charge is 0.325 e. The Bertz CT molecular complexity index is 4680. The lowest BCUT2D eigenvalue weighted by Gasteiger charge is -2.54. The van der Waals surface area contributed by atoms with E-state index < -0.39 is 197 Å². The van der Waals surface area contributed by atoms with Crippen molar-refractivity contribution >= 4 is 82.2 Å². The first-order valence-electron chi connectivity index (χ1n) is 36.9. The van der Waals surface area contributed by atoms with E-state index in [0.29, 0.717) is 24.2 Å². The van der Waals surface area contributed by atoms with Crippen LogP contribution < -0.4 is 72.1 Å². The Kier molecular flexibility index (Phi) is 23.9. The van der Waals surface area contributed by atoms with Gasteiger partial charge in [-0.15, -0.1) is 0 Å². The molecule has 16 rings (SSSR count). The number of likely N-dealkylation sites (N-methyl/N-ethyl adjacent to an activating group) is 1. The van der Waals surface area contributed by atoms with Gasteiger partial charge in [0.25, 0.3) is 0 Å². The lowest BCUT2D eigenvalue weighted by molar-refractivity contribution is -0.277. The number of aliphatic hydroxyl groups excluding tert-OH is 6. The summed E-state index contributed by atoms with van der Waals surface area (Å²) < 4.78 is 30.9. The van der Waals surface area contributed by atoms with Crippen molar-refractivity contribution in [2.75, 3.05) is 25.6 Å². The fourth-order valence-electron chi connectivity index (χ4n) is 16.3. The van der Waals surface area contributed by atoms with E-state index in [2.05, 4.69) is 53.2 Å². The molecule has 6 heterocycles. The highest BCUT2D eigenvalue weighted by Crippen LogP contribution is 2.55. The lowest BCUT2D eigenvalue weighted by atomic mass is 9.54. The van der Waals surface area contributed by atoms with Gasteiger partial charge in [-0.3, -0.25) is 43.7 Å². The first-order chi connectivity index (χ1) is 53.9. The zero-order valence-electron chi connectivity index (χ0n) is 61.2. The van der Waals surface area contributed by atoms with Crippen LogP contribution in [0.3, 0.4) is 0 Å². The van der Waals surface area contributed by atoms with Crippen LogP contribution in [0.2, 0.25) is 10.0 Å². The molecule has 19 N–H and O–H groups in total. The molecule has 6 aromatic rings. The molecule has 33 nitrogen and oxygen atoms in total. The van der Waals surface area contributed by atoms with E-state index in [1.165, 1.54) is 49.5 Å². The maximum atomic E-state index is 16.4. The second-order valence-electron chi connectivity index (χ2n) is 29.8. The summed E-state index contributed by atoms with van der Waals surface area (Å²) in [6.07, 6.45) is -10.8. The number of aliphatic hydroxyl groups is 6. The summed E-state index contributed by atoms with van der Waals surface area (Å²) in [4.78, 5) is 137. The molecule has 113 heavy (non-hydrogen) atoms. The number of amides is 10. The highest BCUT2D eigenvalue weighted by molar-refractivity contribution is 6.32. The number of fused-ring (bicyclic) bond motifs is 15. The Morgan fingerprint density at radius 3 is 1.84 bits per heavy atom. The van der Waals surface area contributed by atoms with Gasteiger partial charge in [-0.1, -0.05) is 55.2 Å². The van der Waals surface area contributed by atoms with Crippen LogP contribution in [-0.4, -0.2) is 180 Å². The molecule has 0 radical (unpaired) electrons. The van der Waals surface area contributed by atoms with Crippen molar-refractivity contribution in [1.29, 1.82) is 0 Å².